The van der Waals surface area contributed by atoms with Crippen molar-refractivity contribution in [3.8, 4) is 0 Å². The molecule has 2 fully saturated rings. The minimum absolute atomic E-state index is 0.550. The van der Waals surface area contributed by atoms with E-state index < -0.39 is 0 Å². The van der Waals surface area contributed by atoms with E-state index in [-0.39, 0.29) is 0 Å². The quantitative estimate of drug-likeness (QED) is 0.736. The summed E-state index contributed by atoms with van der Waals surface area (Å²) in [7, 11) is 0. The molecule has 0 aromatic rings. The molecule has 2 aliphatic rings. The van der Waals surface area contributed by atoms with Gasteiger partial charge in [-0.3, -0.25) is 0 Å². The summed E-state index contributed by atoms with van der Waals surface area (Å²) < 4.78 is 5.60. The highest BCUT2D eigenvalue weighted by molar-refractivity contribution is 7.99. The number of ether oxygens (including phenoxy) is 1. The number of hydrogen-bond donors (Lipinski definition) is 1. The van der Waals surface area contributed by atoms with Crippen molar-refractivity contribution in [3.63, 3.8) is 0 Å². The summed E-state index contributed by atoms with van der Waals surface area (Å²) in [5.41, 5.74) is 6.25. The summed E-state index contributed by atoms with van der Waals surface area (Å²) >= 11 is 2.08. The molecule has 1 aliphatic heterocycles. The number of nitrogens with two attached hydrogens (primary N) is 1. The van der Waals surface area contributed by atoms with Crippen molar-refractivity contribution in [1.82, 2.24) is 0 Å². The molecule has 2 rings (SSSR count). The van der Waals surface area contributed by atoms with Gasteiger partial charge in [-0.05, 0) is 49.8 Å². The van der Waals surface area contributed by atoms with Crippen LogP contribution >= 0.6 is 11.8 Å². The van der Waals surface area contributed by atoms with E-state index in [0.29, 0.717) is 11.5 Å². The maximum absolute atomic E-state index is 5.61. The second-order valence-electron chi connectivity index (χ2n) is 4.69. The van der Waals surface area contributed by atoms with Crippen LogP contribution in [0.25, 0.3) is 0 Å². The number of rotatable bonds is 6. The summed E-state index contributed by atoms with van der Waals surface area (Å²) in [6.45, 7) is 1.85. The Morgan fingerprint density at radius 2 is 2.29 bits per heavy atom. The van der Waals surface area contributed by atoms with Crippen LogP contribution in [0.3, 0.4) is 0 Å². The van der Waals surface area contributed by atoms with Gasteiger partial charge in [0.1, 0.15) is 0 Å². The molecule has 3 heteroatoms. The van der Waals surface area contributed by atoms with E-state index in [9.17, 15) is 0 Å². The summed E-state index contributed by atoms with van der Waals surface area (Å²) in [4.78, 5) is 0. The van der Waals surface area contributed by atoms with Gasteiger partial charge in [-0.2, -0.15) is 11.8 Å². The first kappa shape index (κ1) is 10.8. The second kappa shape index (κ2) is 4.86. The summed E-state index contributed by atoms with van der Waals surface area (Å²) in [6.07, 6.45) is 7.13. The fraction of sp³-hybridized carbons (Fsp3) is 1.00. The molecule has 14 heavy (non-hydrogen) atoms. The molecule has 1 aliphatic carbocycles. The SMILES string of the molecule is NCCC1(CSCC2CCCO2)CC1. The maximum atomic E-state index is 5.61. The zero-order valence-electron chi connectivity index (χ0n) is 8.84. The van der Waals surface area contributed by atoms with Gasteiger partial charge in [0.25, 0.3) is 0 Å². The predicted octanol–water partition coefficient (Wildman–Crippen LogP) is 2.03. The Labute approximate surface area is 91.0 Å². The highest BCUT2D eigenvalue weighted by Crippen LogP contribution is 2.50. The van der Waals surface area contributed by atoms with Crippen molar-refractivity contribution in [2.75, 3.05) is 24.7 Å². The Balaban J connectivity index is 1.58. The first-order valence-electron chi connectivity index (χ1n) is 5.74. The molecule has 2 nitrogen and oxygen atoms in total. The van der Waals surface area contributed by atoms with Gasteiger partial charge in [-0.25, -0.2) is 0 Å². The first-order valence-corrected chi connectivity index (χ1v) is 6.90. The average Bonchev–Trinajstić information content (AvgIpc) is 2.75. The van der Waals surface area contributed by atoms with E-state index in [1.807, 2.05) is 0 Å². The van der Waals surface area contributed by atoms with Crippen molar-refractivity contribution in [2.45, 2.75) is 38.2 Å². The first-order chi connectivity index (χ1) is 6.85. The fourth-order valence-corrected chi connectivity index (χ4v) is 3.64. The van der Waals surface area contributed by atoms with Gasteiger partial charge in [0.2, 0.25) is 0 Å². The van der Waals surface area contributed by atoms with Crippen LogP contribution in [0.4, 0.5) is 0 Å². The van der Waals surface area contributed by atoms with Gasteiger partial charge in [0.05, 0.1) is 6.10 Å². The summed E-state index contributed by atoms with van der Waals surface area (Å²) in [5.74, 6) is 2.51. The highest BCUT2D eigenvalue weighted by Gasteiger charge is 2.41. The van der Waals surface area contributed by atoms with Crippen LogP contribution in [0.5, 0.6) is 0 Å². The maximum Gasteiger partial charge on any atom is 0.0666 e. The van der Waals surface area contributed by atoms with Gasteiger partial charge in [0.15, 0.2) is 0 Å². The Morgan fingerprint density at radius 3 is 2.86 bits per heavy atom. The molecule has 1 heterocycles. The Hall–Kier alpha value is 0.270. The van der Waals surface area contributed by atoms with Gasteiger partial charge in [-0.15, -0.1) is 0 Å². The normalized spacial score (nSPS) is 29.4. The van der Waals surface area contributed by atoms with Gasteiger partial charge >= 0.3 is 0 Å². The molecule has 0 spiro atoms. The molecule has 0 aromatic carbocycles. The third-order valence-electron chi connectivity index (χ3n) is 3.37. The van der Waals surface area contributed by atoms with Crippen LogP contribution in [-0.4, -0.2) is 30.8 Å². The second-order valence-corrected chi connectivity index (χ2v) is 5.72. The molecular weight excluding hydrogens is 194 g/mol. The Morgan fingerprint density at radius 1 is 1.43 bits per heavy atom. The monoisotopic (exact) mass is 215 g/mol. The third kappa shape index (κ3) is 2.88. The van der Waals surface area contributed by atoms with Gasteiger partial charge < -0.3 is 10.5 Å². The molecule has 1 unspecified atom stereocenters. The highest BCUT2D eigenvalue weighted by atomic mass is 32.2. The van der Waals surface area contributed by atoms with Crippen LogP contribution in [-0.2, 0) is 4.74 Å². The molecule has 0 bridgehead atoms. The molecule has 1 atom stereocenters. The lowest BCUT2D eigenvalue weighted by molar-refractivity contribution is 0.129. The van der Waals surface area contributed by atoms with Crippen LogP contribution in [0.2, 0.25) is 0 Å². The van der Waals surface area contributed by atoms with E-state index in [2.05, 4.69) is 11.8 Å². The Bertz CT molecular complexity index is 176. The molecule has 0 amide bonds. The lowest BCUT2D eigenvalue weighted by Gasteiger charge is -2.15. The van der Waals surface area contributed by atoms with E-state index in [4.69, 9.17) is 10.5 Å². The zero-order valence-corrected chi connectivity index (χ0v) is 9.65. The lowest BCUT2D eigenvalue weighted by Crippen LogP contribution is -2.14. The largest absolute Gasteiger partial charge is 0.377 e. The standard InChI is InChI=1S/C11H21NOS/c12-6-5-11(3-4-11)9-14-8-10-2-1-7-13-10/h10H,1-9,12H2. The van der Waals surface area contributed by atoms with E-state index >= 15 is 0 Å². The number of thioether (sulfide) groups is 1. The summed E-state index contributed by atoms with van der Waals surface area (Å²) in [6, 6.07) is 0. The molecular formula is C11H21NOS. The molecule has 0 radical (unpaired) electrons. The molecule has 1 saturated carbocycles. The summed E-state index contributed by atoms with van der Waals surface area (Å²) in [5, 5.41) is 0. The molecule has 0 aromatic heterocycles. The van der Waals surface area contributed by atoms with Crippen molar-refractivity contribution in [2.24, 2.45) is 11.1 Å². The topological polar surface area (TPSA) is 35.2 Å². The Kier molecular flexibility index (Phi) is 3.74. The molecule has 82 valence electrons. The van der Waals surface area contributed by atoms with E-state index in [0.717, 1.165) is 13.2 Å². The smallest absolute Gasteiger partial charge is 0.0666 e. The fourth-order valence-electron chi connectivity index (χ4n) is 2.13. The van der Waals surface area contributed by atoms with Crippen LogP contribution < -0.4 is 5.73 Å². The van der Waals surface area contributed by atoms with E-state index in [1.54, 1.807) is 0 Å². The van der Waals surface area contributed by atoms with Crippen molar-refractivity contribution in [3.05, 3.63) is 0 Å². The van der Waals surface area contributed by atoms with Crippen molar-refractivity contribution >= 4 is 11.8 Å². The van der Waals surface area contributed by atoms with Crippen molar-refractivity contribution in [1.29, 1.82) is 0 Å². The zero-order chi connectivity index (χ0) is 9.86. The van der Waals surface area contributed by atoms with Gasteiger partial charge in [0, 0.05) is 12.4 Å². The molecule has 1 saturated heterocycles. The number of hydrogen-bond acceptors (Lipinski definition) is 3. The van der Waals surface area contributed by atoms with Crippen LogP contribution in [0, 0.1) is 5.41 Å². The van der Waals surface area contributed by atoms with Gasteiger partial charge in [-0.1, -0.05) is 0 Å². The van der Waals surface area contributed by atoms with Crippen LogP contribution in [0.15, 0.2) is 0 Å². The predicted molar refractivity (Wildman–Crippen MR) is 61.6 cm³/mol. The van der Waals surface area contributed by atoms with Crippen molar-refractivity contribution < 1.29 is 4.74 Å². The minimum atomic E-state index is 0.550. The average molecular weight is 215 g/mol. The lowest BCUT2D eigenvalue weighted by atomic mass is 10.1. The molecule has 2 N–H and O–H groups in total. The van der Waals surface area contributed by atoms with E-state index in [1.165, 1.54) is 43.6 Å². The van der Waals surface area contributed by atoms with Crippen LogP contribution in [0.1, 0.15) is 32.1 Å². The third-order valence-corrected chi connectivity index (χ3v) is 4.79. The minimum Gasteiger partial charge on any atom is -0.377 e.